The third kappa shape index (κ3) is 4.38. The monoisotopic (exact) mass is 301 g/mol. The molecule has 0 amide bonds. The molecular weight excluding hydrogens is 278 g/mol. The van der Waals surface area contributed by atoms with Gasteiger partial charge in [-0.2, -0.15) is 0 Å². The fourth-order valence-corrected chi connectivity index (χ4v) is 2.11. The molecule has 0 aliphatic heterocycles. The van der Waals surface area contributed by atoms with Crippen LogP contribution in [0.15, 0.2) is 12.1 Å². The molecule has 20 heavy (non-hydrogen) atoms. The highest BCUT2D eigenvalue weighted by atomic mass is 32.2. The summed E-state index contributed by atoms with van der Waals surface area (Å²) in [6, 6.07) is 3.69. The van der Waals surface area contributed by atoms with Crippen LogP contribution in [0, 0.1) is 0 Å². The van der Waals surface area contributed by atoms with Crippen LogP contribution >= 0.6 is 0 Å². The van der Waals surface area contributed by atoms with E-state index in [0.717, 1.165) is 11.3 Å². The average Bonchev–Trinajstić information content (AvgIpc) is 2.46. The van der Waals surface area contributed by atoms with E-state index >= 15 is 0 Å². The van der Waals surface area contributed by atoms with Crippen molar-refractivity contribution in [3.63, 3.8) is 0 Å². The van der Waals surface area contributed by atoms with Crippen LogP contribution in [-0.2, 0) is 17.3 Å². The van der Waals surface area contributed by atoms with Gasteiger partial charge in [-0.05, 0) is 13.0 Å². The molecule has 5 nitrogen and oxygen atoms in total. The summed E-state index contributed by atoms with van der Waals surface area (Å²) in [5.74, 6) is 2.04. The van der Waals surface area contributed by atoms with Crippen molar-refractivity contribution in [3.05, 3.63) is 17.7 Å². The SMILES string of the molecule is COc1cc(OC)c(OC)cc1CNCC(C)S(C)=O. The maximum absolute atomic E-state index is 11.3. The lowest BCUT2D eigenvalue weighted by Gasteiger charge is -2.15. The highest BCUT2D eigenvalue weighted by molar-refractivity contribution is 7.84. The first kappa shape index (κ1) is 16.8. The van der Waals surface area contributed by atoms with Crippen LogP contribution in [0.4, 0.5) is 0 Å². The van der Waals surface area contributed by atoms with Gasteiger partial charge < -0.3 is 19.5 Å². The fraction of sp³-hybridized carbons (Fsp3) is 0.571. The van der Waals surface area contributed by atoms with Crippen molar-refractivity contribution in [1.29, 1.82) is 0 Å². The van der Waals surface area contributed by atoms with E-state index in [0.29, 0.717) is 24.6 Å². The van der Waals surface area contributed by atoms with Crippen LogP contribution in [0.5, 0.6) is 17.2 Å². The van der Waals surface area contributed by atoms with Crippen molar-refractivity contribution in [3.8, 4) is 17.2 Å². The van der Waals surface area contributed by atoms with Crippen LogP contribution in [-0.4, -0.2) is 43.6 Å². The summed E-state index contributed by atoms with van der Waals surface area (Å²) in [4.78, 5) is 0. The number of hydrogen-bond acceptors (Lipinski definition) is 5. The summed E-state index contributed by atoms with van der Waals surface area (Å²) < 4.78 is 27.2. The molecule has 0 spiro atoms. The van der Waals surface area contributed by atoms with Crippen LogP contribution in [0.2, 0.25) is 0 Å². The van der Waals surface area contributed by atoms with Crippen LogP contribution < -0.4 is 19.5 Å². The predicted octanol–water partition coefficient (Wildman–Crippen LogP) is 1.57. The summed E-state index contributed by atoms with van der Waals surface area (Å²) in [6.07, 6.45) is 1.71. The summed E-state index contributed by atoms with van der Waals surface area (Å²) in [5, 5.41) is 3.39. The Morgan fingerprint density at radius 2 is 1.65 bits per heavy atom. The van der Waals surface area contributed by atoms with E-state index in [9.17, 15) is 4.21 Å². The lowest BCUT2D eigenvalue weighted by molar-refractivity contribution is 0.347. The van der Waals surface area contributed by atoms with Gasteiger partial charge >= 0.3 is 0 Å². The maximum atomic E-state index is 11.3. The largest absolute Gasteiger partial charge is 0.496 e. The molecule has 0 saturated carbocycles. The van der Waals surface area contributed by atoms with Gasteiger partial charge in [-0.15, -0.1) is 0 Å². The minimum Gasteiger partial charge on any atom is -0.496 e. The Labute approximate surface area is 123 Å². The summed E-state index contributed by atoms with van der Waals surface area (Å²) >= 11 is 0. The van der Waals surface area contributed by atoms with Crippen molar-refractivity contribution in [2.45, 2.75) is 18.7 Å². The Morgan fingerprint density at radius 3 is 2.15 bits per heavy atom. The molecule has 0 radical (unpaired) electrons. The zero-order chi connectivity index (χ0) is 15.1. The maximum Gasteiger partial charge on any atom is 0.164 e. The zero-order valence-electron chi connectivity index (χ0n) is 12.7. The molecule has 2 atom stereocenters. The molecule has 114 valence electrons. The second-order valence-corrected chi connectivity index (χ2v) is 6.26. The summed E-state index contributed by atoms with van der Waals surface area (Å²) in [6.45, 7) is 3.25. The molecule has 0 heterocycles. The quantitative estimate of drug-likeness (QED) is 0.790. The first-order chi connectivity index (χ1) is 9.53. The average molecular weight is 301 g/mol. The third-order valence-corrected chi connectivity index (χ3v) is 4.40. The highest BCUT2D eigenvalue weighted by Crippen LogP contribution is 2.34. The predicted molar refractivity (Wildman–Crippen MR) is 81.3 cm³/mol. The second-order valence-electron chi connectivity index (χ2n) is 4.46. The van der Waals surface area contributed by atoms with E-state index in [1.54, 1.807) is 33.7 Å². The molecule has 1 rings (SSSR count). The van der Waals surface area contributed by atoms with Gasteiger partial charge in [0.15, 0.2) is 11.5 Å². The number of methoxy groups -OCH3 is 3. The van der Waals surface area contributed by atoms with E-state index in [1.165, 1.54) is 0 Å². The molecule has 0 aliphatic rings. The van der Waals surface area contributed by atoms with Crippen molar-refractivity contribution in [2.24, 2.45) is 0 Å². The Kier molecular flexibility index (Phi) is 6.81. The minimum atomic E-state index is -0.825. The van der Waals surface area contributed by atoms with E-state index in [1.807, 2.05) is 13.0 Å². The number of rotatable bonds is 8. The van der Waals surface area contributed by atoms with Gasteiger partial charge in [-0.1, -0.05) is 0 Å². The number of nitrogens with one attached hydrogen (secondary N) is 1. The van der Waals surface area contributed by atoms with Crippen LogP contribution in [0.1, 0.15) is 12.5 Å². The van der Waals surface area contributed by atoms with Crippen molar-refractivity contribution >= 4 is 10.8 Å². The Hall–Kier alpha value is -1.27. The summed E-state index contributed by atoms with van der Waals surface area (Å²) in [7, 11) is 3.99. The van der Waals surface area contributed by atoms with Crippen molar-refractivity contribution in [2.75, 3.05) is 34.1 Å². The van der Waals surface area contributed by atoms with Gasteiger partial charge in [0.25, 0.3) is 0 Å². The molecule has 0 saturated heterocycles. The number of ether oxygens (including phenoxy) is 3. The fourth-order valence-electron chi connectivity index (χ4n) is 1.76. The topological polar surface area (TPSA) is 56.8 Å². The van der Waals surface area contributed by atoms with Crippen LogP contribution in [0.25, 0.3) is 0 Å². The molecule has 1 N–H and O–H groups in total. The minimum absolute atomic E-state index is 0.112. The van der Waals surface area contributed by atoms with Crippen molar-refractivity contribution < 1.29 is 18.4 Å². The number of benzene rings is 1. The van der Waals surface area contributed by atoms with Crippen LogP contribution in [0.3, 0.4) is 0 Å². The molecule has 0 bridgehead atoms. The van der Waals surface area contributed by atoms with Gasteiger partial charge in [0, 0.05) is 47.0 Å². The molecule has 0 fully saturated rings. The number of hydrogen-bond donors (Lipinski definition) is 1. The Morgan fingerprint density at radius 1 is 1.10 bits per heavy atom. The Bertz CT molecular complexity index is 465. The van der Waals surface area contributed by atoms with Gasteiger partial charge in [-0.3, -0.25) is 4.21 Å². The standard InChI is InChI=1S/C14H23NO4S/c1-10(20(5)16)8-15-9-11-6-13(18-3)14(19-4)7-12(11)17-2/h6-7,10,15H,8-9H2,1-5H3. The lowest BCUT2D eigenvalue weighted by atomic mass is 10.1. The van der Waals surface area contributed by atoms with Crippen molar-refractivity contribution in [1.82, 2.24) is 5.32 Å². The first-order valence-corrected chi connectivity index (χ1v) is 7.97. The molecule has 1 aromatic carbocycles. The van der Waals surface area contributed by atoms with E-state index in [2.05, 4.69) is 5.32 Å². The van der Waals surface area contributed by atoms with Gasteiger partial charge in [0.1, 0.15) is 5.75 Å². The molecular formula is C14H23NO4S. The van der Waals surface area contributed by atoms with E-state index < -0.39 is 10.8 Å². The lowest BCUT2D eigenvalue weighted by Crippen LogP contribution is -2.27. The van der Waals surface area contributed by atoms with E-state index in [4.69, 9.17) is 14.2 Å². The molecule has 1 aromatic rings. The van der Waals surface area contributed by atoms with Gasteiger partial charge in [0.2, 0.25) is 0 Å². The van der Waals surface area contributed by atoms with E-state index in [-0.39, 0.29) is 5.25 Å². The molecule has 2 unspecified atom stereocenters. The highest BCUT2D eigenvalue weighted by Gasteiger charge is 2.12. The third-order valence-electron chi connectivity index (χ3n) is 3.10. The Balaban J connectivity index is 2.80. The van der Waals surface area contributed by atoms with Gasteiger partial charge in [0.05, 0.1) is 21.3 Å². The van der Waals surface area contributed by atoms with Gasteiger partial charge in [-0.25, -0.2) is 0 Å². The second kappa shape index (κ2) is 8.11. The smallest absolute Gasteiger partial charge is 0.164 e. The normalized spacial score (nSPS) is 13.7. The molecule has 0 aliphatic carbocycles. The summed E-state index contributed by atoms with van der Waals surface area (Å²) in [5.41, 5.74) is 0.972. The molecule has 6 heteroatoms. The first-order valence-electron chi connectivity index (χ1n) is 6.35. The zero-order valence-corrected chi connectivity index (χ0v) is 13.5. The molecule has 0 aromatic heterocycles.